The van der Waals surface area contributed by atoms with E-state index in [1.165, 1.54) is 0 Å². The van der Waals surface area contributed by atoms with Crippen LogP contribution >= 0.6 is 0 Å². The Morgan fingerprint density at radius 1 is 1.16 bits per heavy atom. The molecule has 0 radical (unpaired) electrons. The fraction of sp³-hybridized carbons (Fsp3) is 0.292. The average Bonchev–Trinajstić information content (AvgIpc) is 3.15. The van der Waals surface area contributed by atoms with E-state index in [-0.39, 0.29) is 5.91 Å². The van der Waals surface area contributed by atoms with E-state index >= 15 is 0 Å². The first-order valence-corrected chi connectivity index (χ1v) is 10.6. The summed E-state index contributed by atoms with van der Waals surface area (Å²) in [7, 11) is 0. The van der Waals surface area contributed by atoms with Crippen LogP contribution in [0.4, 0.5) is 5.82 Å². The first-order chi connectivity index (χ1) is 15.7. The Bertz CT molecular complexity index is 1070. The van der Waals surface area contributed by atoms with Crippen LogP contribution in [0.2, 0.25) is 0 Å². The van der Waals surface area contributed by atoms with Gasteiger partial charge in [-0.1, -0.05) is 30.3 Å². The van der Waals surface area contributed by atoms with Crippen molar-refractivity contribution >= 4 is 11.7 Å². The van der Waals surface area contributed by atoms with Gasteiger partial charge in [-0.25, -0.2) is 4.68 Å². The van der Waals surface area contributed by atoms with E-state index in [0.717, 1.165) is 5.69 Å². The molecule has 0 aliphatic carbocycles. The van der Waals surface area contributed by atoms with Crippen molar-refractivity contribution in [2.75, 3.05) is 32.1 Å². The lowest BCUT2D eigenvalue weighted by atomic mass is 10.1. The molecule has 166 valence electrons. The van der Waals surface area contributed by atoms with Crippen molar-refractivity contribution in [2.45, 2.75) is 19.8 Å². The monoisotopic (exact) mass is 433 g/mol. The van der Waals surface area contributed by atoms with Gasteiger partial charge in [0.25, 0.3) is 5.91 Å². The van der Waals surface area contributed by atoms with Gasteiger partial charge < -0.3 is 20.5 Å². The molecule has 1 aromatic heterocycles. The number of rotatable bonds is 11. The van der Waals surface area contributed by atoms with E-state index in [1.54, 1.807) is 22.9 Å². The van der Waals surface area contributed by atoms with Gasteiger partial charge in [0.15, 0.2) is 0 Å². The maximum atomic E-state index is 12.6. The number of nitrogens with zero attached hydrogens (tertiary/aromatic N) is 3. The van der Waals surface area contributed by atoms with Crippen molar-refractivity contribution in [1.29, 1.82) is 5.26 Å². The van der Waals surface area contributed by atoms with E-state index in [2.05, 4.69) is 16.5 Å². The van der Waals surface area contributed by atoms with Crippen LogP contribution in [0.5, 0.6) is 5.75 Å². The van der Waals surface area contributed by atoms with E-state index in [1.807, 2.05) is 43.3 Å². The highest BCUT2D eigenvalue weighted by Crippen LogP contribution is 2.21. The van der Waals surface area contributed by atoms with E-state index in [9.17, 15) is 10.1 Å². The second-order valence-electron chi connectivity index (χ2n) is 6.97. The topological polar surface area (TPSA) is 115 Å². The number of anilines is 1. The van der Waals surface area contributed by atoms with Crippen molar-refractivity contribution < 1.29 is 14.3 Å². The maximum Gasteiger partial charge on any atom is 0.255 e. The van der Waals surface area contributed by atoms with E-state index < -0.39 is 0 Å². The highest BCUT2D eigenvalue weighted by Gasteiger charge is 2.17. The van der Waals surface area contributed by atoms with Crippen LogP contribution in [0, 0.1) is 11.3 Å². The normalized spacial score (nSPS) is 10.5. The summed E-state index contributed by atoms with van der Waals surface area (Å²) in [6.07, 6.45) is 1.12. The van der Waals surface area contributed by atoms with Gasteiger partial charge >= 0.3 is 0 Å². The Balaban J connectivity index is 1.57. The quantitative estimate of drug-likeness (QED) is 0.449. The number of nitrogen functional groups attached to an aromatic ring is 1. The lowest BCUT2D eigenvalue weighted by Gasteiger charge is -2.11. The first-order valence-electron chi connectivity index (χ1n) is 10.6. The van der Waals surface area contributed by atoms with Gasteiger partial charge in [-0.2, -0.15) is 10.4 Å². The summed E-state index contributed by atoms with van der Waals surface area (Å²) in [5, 5.41) is 16.9. The van der Waals surface area contributed by atoms with Crippen molar-refractivity contribution in [2.24, 2.45) is 0 Å². The van der Waals surface area contributed by atoms with Gasteiger partial charge in [-0.3, -0.25) is 4.79 Å². The molecule has 0 spiro atoms. The number of hydrogen-bond acceptors (Lipinski definition) is 6. The van der Waals surface area contributed by atoms with Crippen LogP contribution in [0.3, 0.4) is 0 Å². The Labute approximate surface area is 187 Å². The van der Waals surface area contributed by atoms with Crippen molar-refractivity contribution in [3.63, 3.8) is 0 Å². The largest absolute Gasteiger partial charge is 0.490 e. The molecule has 1 amide bonds. The van der Waals surface area contributed by atoms with Gasteiger partial charge in [0.05, 0.1) is 23.6 Å². The number of benzene rings is 2. The zero-order valence-electron chi connectivity index (χ0n) is 18.1. The number of aromatic nitrogens is 2. The summed E-state index contributed by atoms with van der Waals surface area (Å²) < 4.78 is 12.5. The highest BCUT2D eigenvalue weighted by molar-refractivity contribution is 5.96. The van der Waals surface area contributed by atoms with Crippen LogP contribution in [-0.4, -0.2) is 42.1 Å². The Hall–Kier alpha value is -3.83. The van der Waals surface area contributed by atoms with Crippen LogP contribution in [0.25, 0.3) is 5.69 Å². The number of amides is 1. The van der Waals surface area contributed by atoms with Crippen LogP contribution in [0.1, 0.15) is 35.0 Å². The third kappa shape index (κ3) is 5.65. The molecule has 0 saturated carbocycles. The summed E-state index contributed by atoms with van der Waals surface area (Å²) >= 11 is 0. The molecule has 0 unspecified atom stereocenters. The number of nitrogens with one attached hydrogen (secondary N) is 1. The molecule has 3 rings (SSSR count). The Morgan fingerprint density at radius 3 is 2.66 bits per heavy atom. The molecular formula is C24H27N5O3. The Kier molecular flexibility index (Phi) is 8.23. The molecule has 8 nitrogen and oxygen atoms in total. The van der Waals surface area contributed by atoms with E-state index in [0.29, 0.717) is 67.6 Å². The fourth-order valence-corrected chi connectivity index (χ4v) is 3.23. The second-order valence-corrected chi connectivity index (χ2v) is 6.97. The number of nitriles is 1. The molecule has 3 N–H and O–H groups in total. The number of carbonyl (C=O) groups excluding carboxylic acids is 1. The third-order valence-electron chi connectivity index (χ3n) is 4.80. The summed E-state index contributed by atoms with van der Waals surface area (Å²) in [4.78, 5) is 12.6. The van der Waals surface area contributed by atoms with Gasteiger partial charge in [0, 0.05) is 13.2 Å². The van der Waals surface area contributed by atoms with Crippen LogP contribution in [0.15, 0.2) is 54.6 Å². The zero-order valence-corrected chi connectivity index (χ0v) is 18.1. The van der Waals surface area contributed by atoms with Crippen LogP contribution in [-0.2, 0) is 11.2 Å². The van der Waals surface area contributed by atoms with Gasteiger partial charge in [-0.05, 0) is 44.0 Å². The molecule has 3 aromatic rings. The number of nitrogens with two attached hydrogens (primary N) is 1. The number of ether oxygens (including phenoxy) is 2. The van der Waals surface area contributed by atoms with Crippen molar-refractivity contribution in [3.8, 4) is 17.5 Å². The molecule has 8 heteroatoms. The predicted molar refractivity (Wildman–Crippen MR) is 122 cm³/mol. The molecule has 1 heterocycles. The predicted octanol–water partition coefficient (Wildman–Crippen LogP) is 3.10. The fourth-order valence-electron chi connectivity index (χ4n) is 3.23. The molecule has 0 atom stereocenters. The van der Waals surface area contributed by atoms with E-state index in [4.69, 9.17) is 15.2 Å². The van der Waals surface area contributed by atoms with Gasteiger partial charge in [0.1, 0.15) is 29.8 Å². The molecule has 0 aliphatic heterocycles. The van der Waals surface area contributed by atoms with Gasteiger partial charge in [-0.15, -0.1) is 0 Å². The average molecular weight is 434 g/mol. The SMILES string of the molecule is CCOCCOc1ccccc1C(=O)NCCCc1nn(-c2ccccc2)c(N)c1C#N. The lowest BCUT2D eigenvalue weighted by Crippen LogP contribution is -2.25. The summed E-state index contributed by atoms with van der Waals surface area (Å²) in [5.41, 5.74) is 8.38. The van der Waals surface area contributed by atoms with Gasteiger partial charge in [0.2, 0.25) is 0 Å². The zero-order chi connectivity index (χ0) is 22.8. The number of hydrogen-bond donors (Lipinski definition) is 2. The van der Waals surface area contributed by atoms with Crippen molar-refractivity contribution in [1.82, 2.24) is 15.1 Å². The standard InChI is InChI=1S/C24H27N5O3/c1-2-31-15-16-32-22-13-7-6-11-19(22)24(30)27-14-8-12-21-20(17-25)23(26)29(28-21)18-9-4-3-5-10-18/h3-7,9-11,13H,2,8,12,14-16,26H2,1H3,(H,27,30). The molecule has 0 bridgehead atoms. The first kappa shape index (κ1) is 22.8. The van der Waals surface area contributed by atoms with Crippen molar-refractivity contribution in [3.05, 3.63) is 71.4 Å². The lowest BCUT2D eigenvalue weighted by molar-refractivity contribution is 0.0936. The minimum absolute atomic E-state index is 0.216. The third-order valence-corrected chi connectivity index (χ3v) is 4.80. The number of aryl methyl sites for hydroxylation is 1. The summed E-state index contributed by atoms with van der Waals surface area (Å²) in [6, 6.07) is 18.7. The second kappa shape index (κ2) is 11.5. The summed E-state index contributed by atoms with van der Waals surface area (Å²) in [5.74, 6) is 0.619. The molecule has 0 aliphatic rings. The highest BCUT2D eigenvalue weighted by atomic mass is 16.5. The minimum atomic E-state index is -0.216. The molecule has 0 saturated heterocycles. The maximum absolute atomic E-state index is 12.6. The molecule has 2 aromatic carbocycles. The number of carbonyl (C=O) groups is 1. The molecule has 32 heavy (non-hydrogen) atoms. The van der Waals surface area contributed by atoms with Crippen LogP contribution < -0.4 is 15.8 Å². The number of para-hydroxylation sites is 2. The Morgan fingerprint density at radius 2 is 1.91 bits per heavy atom. The summed E-state index contributed by atoms with van der Waals surface area (Å²) in [6.45, 7) is 3.80. The molecule has 0 fully saturated rings. The minimum Gasteiger partial charge on any atom is -0.490 e. The smallest absolute Gasteiger partial charge is 0.255 e. The molecular weight excluding hydrogens is 406 g/mol.